The zero-order chi connectivity index (χ0) is 20.2. The number of carboxylic acids is 1. The molecule has 0 amide bonds. The number of rotatable bonds is 4. The molecule has 0 radical (unpaired) electrons. The van der Waals surface area contributed by atoms with Crippen LogP contribution in [0.1, 0.15) is 5.56 Å². The Bertz CT molecular complexity index is 744. The largest absolute Gasteiger partial charge is 0.490 e. The van der Waals surface area contributed by atoms with Crippen LogP contribution in [0.3, 0.4) is 0 Å². The van der Waals surface area contributed by atoms with E-state index in [1.807, 2.05) is 12.1 Å². The van der Waals surface area contributed by atoms with Crippen LogP contribution in [-0.2, 0) is 30.9 Å². The van der Waals surface area contributed by atoms with Crippen LogP contribution < -0.4 is 0 Å². The SMILES string of the molecule is CS(=O)(=O)N1C[C@H](OCc2cccnc2)[C@H]2COC[C@H]21.O=C(O)C(F)(F)F. The van der Waals surface area contributed by atoms with E-state index in [2.05, 4.69) is 4.98 Å². The van der Waals surface area contributed by atoms with Gasteiger partial charge in [-0.25, -0.2) is 13.2 Å². The maximum atomic E-state index is 11.8. The van der Waals surface area contributed by atoms with Gasteiger partial charge in [-0.3, -0.25) is 4.98 Å². The van der Waals surface area contributed by atoms with E-state index < -0.39 is 22.2 Å². The van der Waals surface area contributed by atoms with Gasteiger partial charge in [-0.05, 0) is 11.6 Å². The second-order valence-electron chi connectivity index (χ2n) is 6.11. The van der Waals surface area contributed by atoms with Crippen molar-refractivity contribution in [2.24, 2.45) is 5.92 Å². The van der Waals surface area contributed by atoms with Crippen molar-refractivity contribution in [3.8, 4) is 0 Å². The minimum Gasteiger partial charge on any atom is -0.475 e. The molecule has 3 heterocycles. The predicted octanol–water partition coefficient (Wildman–Crippen LogP) is 0.890. The summed E-state index contributed by atoms with van der Waals surface area (Å²) in [4.78, 5) is 12.9. The molecular formula is C15H19F3N2O6S. The molecule has 2 aliphatic heterocycles. The summed E-state index contributed by atoms with van der Waals surface area (Å²) in [5.74, 6) is -2.63. The number of alkyl halides is 3. The molecule has 3 atom stereocenters. The first kappa shape index (κ1) is 21.5. The van der Waals surface area contributed by atoms with Crippen molar-refractivity contribution in [1.29, 1.82) is 0 Å². The van der Waals surface area contributed by atoms with Crippen LogP contribution in [0.4, 0.5) is 13.2 Å². The minimum atomic E-state index is -5.08. The molecule has 0 aromatic carbocycles. The molecule has 0 bridgehead atoms. The van der Waals surface area contributed by atoms with E-state index in [-0.39, 0.29) is 18.1 Å². The third kappa shape index (κ3) is 5.86. The summed E-state index contributed by atoms with van der Waals surface area (Å²) in [6, 6.07) is 3.72. The Labute approximate surface area is 153 Å². The molecule has 27 heavy (non-hydrogen) atoms. The molecular weight excluding hydrogens is 393 g/mol. The topological polar surface area (TPSA) is 106 Å². The highest BCUT2D eigenvalue weighted by atomic mass is 32.2. The third-order valence-electron chi connectivity index (χ3n) is 4.16. The molecule has 1 N–H and O–H groups in total. The lowest BCUT2D eigenvalue weighted by molar-refractivity contribution is -0.192. The van der Waals surface area contributed by atoms with Crippen LogP contribution in [0.25, 0.3) is 0 Å². The molecule has 0 unspecified atom stereocenters. The Hall–Kier alpha value is -1.76. The Balaban J connectivity index is 0.000000321. The third-order valence-corrected chi connectivity index (χ3v) is 5.43. The van der Waals surface area contributed by atoms with Crippen molar-refractivity contribution >= 4 is 16.0 Å². The number of ether oxygens (including phenoxy) is 2. The van der Waals surface area contributed by atoms with Gasteiger partial charge in [0.15, 0.2) is 0 Å². The van der Waals surface area contributed by atoms with Gasteiger partial charge in [0.05, 0.1) is 38.2 Å². The molecule has 1 aromatic heterocycles. The first-order chi connectivity index (χ1) is 12.5. The van der Waals surface area contributed by atoms with Crippen molar-refractivity contribution in [2.75, 3.05) is 26.0 Å². The van der Waals surface area contributed by atoms with Gasteiger partial charge in [0.25, 0.3) is 0 Å². The summed E-state index contributed by atoms with van der Waals surface area (Å²) in [6.07, 6.45) is -0.485. The van der Waals surface area contributed by atoms with Crippen LogP contribution in [-0.4, -0.2) is 73.1 Å². The summed E-state index contributed by atoms with van der Waals surface area (Å²) in [5.41, 5.74) is 0.987. The summed E-state index contributed by atoms with van der Waals surface area (Å²) in [6.45, 7) is 1.88. The number of sulfonamides is 1. The number of carboxylic acid groups (broad SMARTS) is 1. The number of fused-ring (bicyclic) bond motifs is 1. The summed E-state index contributed by atoms with van der Waals surface area (Å²) in [5, 5.41) is 7.12. The Morgan fingerprint density at radius 2 is 2.11 bits per heavy atom. The molecule has 8 nitrogen and oxygen atoms in total. The Kier molecular flexibility index (Phi) is 6.78. The average Bonchev–Trinajstić information content (AvgIpc) is 3.15. The van der Waals surface area contributed by atoms with E-state index in [0.29, 0.717) is 26.4 Å². The Morgan fingerprint density at radius 3 is 2.63 bits per heavy atom. The molecule has 1 aromatic rings. The number of aromatic nitrogens is 1. The van der Waals surface area contributed by atoms with E-state index in [9.17, 15) is 21.6 Å². The van der Waals surface area contributed by atoms with E-state index >= 15 is 0 Å². The highest BCUT2D eigenvalue weighted by Gasteiger charge is 2.49. The van der Waals surface area contributed by atoms with Gasteiger partial charge in [-0.1, -0.05) is 6.07 Å². The Morgan fingerprint density at radius 1 is 1.44 bits per heavy atom. The number of aliphatic carboxylic acids is 1. The molecule has 2 fully saturated rings. The van der Waals surface area contributed by atoms with Crippen molar-refractivity contribution in [3.63, 3.8) is 0 Å². The summed E-state index contributed by atoms with van der Waals surface area (Å²) < 4.78 is 68.2. The maximum absolute atomic E-state index is 11.8. The standard InChI is InChI=1S/C13H18N2O4S.C2HF3O2/c1-20(16,17)15-6-13(11-8-18-9-12(11)15)19-7-10-3-2-4-14-5-10;3-2(4,5)1(6)7/h2-5,11-13H,6-9H2,1H3;(H,6,7)/t11-,12+,13-;/m0./s1. The predicted molar refractivity (Wildman–Crippen MR) is 86.2 cm³/mol. The quantitative estimate of drug-likeness (QED) is 0.783. The van der Waals surface area contributed by atoms with E-state index in [1.54, 1.807) is 12.4 Å². The van der Waals surface area contributed by atoms with Gasteiger partial charge in [0.2, 0.25) is 10.0 Å². The number of hydrogen-bond acceptors (Lipinski definition) is 6. The number of hydrogen-bond donors (Lipinski definition) is 1. The molecule has 2 aliphatic rings. The number of nitrogens with zero attached hydrogens (tertiary/aromatic N) is 2. The van der Waals surface area contributed by atoms with Gasteiger partial charge >= 0.3 is 12.1 Å². The highest BCUT2D eigenvalue weighted by Crippen LogP contribution is 2.34. The van der Waals surface area contributed by atoms with Gasteiger partial charge < -0.3 is 14.6 Å². The van der Waals surface area contributed by atoms with E-state index in [1.165, 1.54) is 10.6 Å². The fourth-order valence-electron chi connectivity index (χ4n) is 2.90. The zero-order valence-corrected chi connectivity index (χ0v) is 15.1. The molecule has 2 saturated heterocycles. The summed E-state index contributed by atoms with van der Waals surface area (Å²) in [7, 11) is -3.21. The number of pyridine rings is 1. The average molecular weight is 412 g/mol. The zero-order valence-electron chi connectivity index (χ0n) is 14.3. The number of carbonyl (C=O) groups is 1. The van der Waals surface area contributed by atoms with Crippen molar-refractivity contribution in [2.45, 2.75) is 24.9 Å². The fraction of sp³-hybridized carbons (Fsp3) is 0.600. The molecule has 12 heteroatoms. The lowest BCUT2D eigenvalue weighted by atomic mass is 10.0. The molecule has 152 valence electrons. The van der Waals surface area contributed by atoms with Gasteiger partial charge in [-0.15, -0.1) is 0 Å². The van der Waals surface area contributed by atoms with Crippen LogP contribution in [0, 0.1) is 5.92 Å². The highest BCUT2D eigenvalue weighted by molar-refractivity contribution is 7.88. The van der Waals surface area contributed by atoms with E-state index in [4.69, 9.17) is 19.4 Å². The molecule has 0 aliphatic carbocycles. The van der Waals surface area contributed by atoms with E-state index in [0.717, 1.165) is 5.56 Å². The monoisotopic (exact) mass is 412 g/mol. The normalized spacial score (nSPS) is 25.6. The van der Waals surface area contributed by atoms with Crippen LogP contribution in [0.15, 0.2) is 24.5 Å². The first-order valence-electron chi connectivity index (χ1n) is 7.85. The lowest BCUT2D eigenvalue weighted by Gasteiger charge is -2.18. The van der Waals surface area contributed by atoms with Crippen molar-refractivity contribution < 1.29 is 41.0 Å². The van der Waals surface area contributed by atoms with Crippen molar-refractivity contribution in [1.82, 2.24) is 9.29 Å². The van der Waals surface area contributed by atoms with Crippen LogP contribution >= 0.6 is 0 Å². The minimum absolute atomic E-state index is 0.0797. The molecule has 0 saturated carbocycles. The smallest absolute Gasteiger partial charge is 0.475 e. The number of halogens is 3. The van der Waals surface area contributed by atoms with Crippen LogP contribution in [0.5, 0.6) is 0 Å². The second-order valence-corrected chi connectivity index (χ2v) is 8.05. The molecule has 3 rings (SSSR count). The summed E-state index contributed by atoms with van der Waals surface area (Å²) >= 11 is 0. The van der Waals surface area contributed by atoms with Gasteiger partial charge in [0.1, 0.15) is 0 Å². The molecule has 0 spiro atoms. The first-order valence-corrected chi connectivity index (χ1v) is 9.70. The van der Waals surface area contributed by atoms with Gasteiger partial charge in [0, 0.05) is 24.9 Å². The lowest BCUT2D eigenvalue weighted by Crippen LogP contribution is -2.37. The van der Waals surface area contributed by atoms with Gasteiger partial charge in [-0.2, -0.15) is 17.5 Å². The maximum Gasteiger partial charge on any atom is 0.490 e. The van der Waals surface area contributed by atoms with Crippen LogP contribution in [0.2, 0.25) is 0 Å². The second kappa shape index (κ2) is 8.50. The van der Waals surface area contributed by atoms with Crippen molar-refractivity contribution in [3.05, 3.63) is 30.1 Å². The fourth-order valence-corrected chi connectivity index (χ4v) is 4.03.